The summed E-state index contributed by atoms with van der Waals surface area (Å²) >= 11 is 0. The SMILES string of the molecule is CC(=O)/C=C(\[O-])C(F)(F)F.[Pr+3]. The summed E-state index contributed by atoms with van der Waals surface area (Å²) in [5, 5.41) is 9.87. The molecule has 0 atom stereocenters. The summed E-state index contributed by atoms with van der Waals surface area (Å²) in [7, 11) is 0. The summed E-state index contributed by atoms with van der Waals surface area (Å²) in [5.74, 6) is -3.01. The van der Waals surface area contributed by atoms with Gasteiger partial charge in [0.05, 0.1) is 0 Å². The van der Waals surface area contributed by atoms with Crippen LogP contribution < -0.4 is 5.11 Å². The maximum atomic E-state index is 11.3. The Kier molecular flexibility index (Phi) is 6.44. The Bertz CT molecular complexity index is 173. The van der Waals surface area contributed by atoms with Gasteiger partial charge in [-0.3, -0.25) is 4.79 Å². The van der Waals surface area contributed by atoms with Crippen LogP contribution in [0.1, 0.15) is 6.92 Å². The molecule has 0 aliphatic carbocycles. The van der Waals surface area contributed by atoms with Crippen LogP contribution in [0.4, 0.5) is 13.2 Å². The molecule has 6 heteroatoms. The number of ketones is 1. The predicted molar refractivity (Wildman–Crippen MR) is 24.8 cm³/mol. The second-order valence-electron chi connectivity index (χ2n) is 1.62. The number of hydrogen-bond acceptors (Lipinski definition) is 2. The van der Waals surface area contributed by atoms with E-state index in [0.717, 1.165) is 6.92 Å². The van der Waals surface area contributed by atoms with E-state index in [4.69, 9.17) is 0 Å². The smallest absolute Gasteiger partial charge is 0.869 e. The van der Waals surface area contributed by atoms with Gasteiger partial charge in [-0.1, -0.05) is 0 Å². The van der Waals surface area contributed by atoms with E-state index in [-0.39, 0.29) is 47.4 Å². The van der Waals surface area contributed by atoms with Gasteiger partial charge < -0.3 is 5.11 Å². The van der Waals surface area contributed by atoms with Crippen LogP contribution in [0.5, 0.6) is 0 Å². The Balaban J connectivity index is 0. The molecule has 0 rings (SSSR count). The zero-order valence-corrected chi connectivity index (χ0v) is 9.31. The Hall–Kier alpha value is 0.364. The van der Waals surface area contributed by atoms with Gasteiger partial charge in [-0.15, -0.1) is 0 Å². The Morgan fingerprint density at radius 1 is 1.45 bits per heavy atom. The van der Waals surface area contributed by atoms with Crippen molar-refractivity contribution in [2.75, 3.05) is 0 Å². The second-order valence-corrected chi connectivity index (χ2v) is 1.62. The molecule has 0 unspecified atom stereocenters. The number of alkyl halides is 3. The summed E-state index contributed by atoms with van der Waals surface area (Å²) in [6, 6.07) is 0. The van der Waals surface area contributed by atoms with Crippen molar-refractivity contribution in [1.29, 1.82) is 0 Å². The maximum absolute atomic E-state index is 11.3. The average molecular weight is 294 g/mol. The fourth-order valence-electron chi connectivity index (χ4n) is 0.266. The molecule has 0 saturated heterocycles. The van der Waals surface area contributed by atoms with Crippen LogP contribution in [-0.2, 0) is 4.79 Å². The van der Waals surface area contributed by atoms with Gasteiger partial charge in [0.15, 0.2) is 5.78 Å². The van der Waals surface area contributed by atoms with Crippen LogP contribution in [0, 0.1) is 41.3 Å². The zero-order chi connectivity index (χ0) is 8.36. The quantitative estimate of drug-likeness (QED) is 0.518. The van der Waals surface area contributed by atoms with Crippen molar-refractivity contribution in [2.24, 2.45) is 0 Å². The summed E-state index contributed by atoms with van der Waals surface area (Å²) in [4.78, 5) is 9.92. The van der Waals surface area contributed by atoms with Crippen molar-refractivity contribution in [1.82, 2.24) is 0 Å². The van der Waals surface area contributed by atoms with E-state index in [2.05, 4.69) is 0 Å². The topological polar surface area (TPSA) is 40.1 Å². The van der Waals surface area contributed by atoms with Gasteiger partial charge in [0.2, 0.25) is 0 Å². The van der Waals surface area contributed by atoms with E-state index in [1.54, 1.807) is 0 Å². The number of allylic oxidation sites excluding steroid dienone is 2. The molecule has 0 aliphatic rings. The fraction of sp³-hybridized carbons (Fsp3) is 0.400. The number of halogens is 3. The van der Waals surface area contributed by atoms with Crippen LogP contribution in [-0.4, -0.2) is 12.0 Å². The molecule has 2 nitrogen and oxygen atoms in total. The Morgan fingerprint density at radius 3 is 1.91 bits per heavy atom. The molecule has 0 aromatic heterocycles. The molecular formula is C5H4F3O2Pr+2. The first-order chi connectivity index (χ1) is 4.34. The molecule has 0 amide bonds. The van der Waals surface area contributed by atoms with Crippen molar-refractivity contribution in [3.8, 4) is 0 Å². The predicted octanol–water partition coefficient (Wildman–Crippen LogP) is 0.382. The summed E-state index contributed by atoms with van der Waals surface area (Å²) in [6.07, 6.45) is -4.91. The Labute approximate surface area is 94.4 Å². The molecule has 0 bridgehead atoms. The standard InChI is InChI=1S/C5H5F3O2.Pr/c1-3(9)2-4(10)5(6,7)8;/h2,10H,1H3;/q;+3/p-1/b4-2-;. The van der Waals surface area contributed by atoms with Crippen LogP contribution in [0.2, 0.25) is 0 Å². The minimum absolute atomic E-state index is 0. The van der Waals surface area contributed by atoms with Crippen molar-refractivity contribution in [3.05, 3.63) is 11.8 Å². The van der Waals surface area contributed by atoms with Gasteiger partial charge in [0, 0.05) is 0 Å². The maximum Gasteiger partial charge on any atom is 3.00 e. The number of carbonyl (C=O) groups excluding carboxylic acids is 1. The minimum Gasteiger partial charge on any atom is -0.869 e. The van der Waals surface area contributed by atoms with Crippen molar-refractivity contribution < 1.29 is 64.4 Å². The van der Waals surface area contributed by atoms with Crippen LogP contribution in [0.3, 0.4) is 0 Å². The molecule has 58 valence electrons. The molecule has 0 aromatic rings. The first-order valence-corrected chi connectivity index (χ1v) is 2.30. The summed E-state index contributed by atoms with van der Waals surface area (Å²) < 4.78 is 33.8. The molecule has 0 N–H and O–H groups in total. The molecule has 0 aliphatic heterocycles. The molecule has 0 radical (unpaired) electrons. The van der Waals surface area contributed by atoms with E-state index < -0.39 is 17.7 Å². The summed E-state index contributed by atoms with van der Waals surface area (Å²) in [6.45, 7) is 0.879. The van der Waals surface area contributed by atoms with Crippen molar-refractivity contribution in [3.63, 3.8) is 0 Å². The van der Waals surface area contributed by atoms with Crippen molar-refractivity contribution >= 4 is 5.78 Å². The molecule has 0 fully saturated rings. The molecular weight excluding hydrogens is 290 g/mol. The van der Waals surface area contributed by atoms with E-state index in [1.807, 2.05) is 0 Å². The molecule has 0 saturated carbocycles. The molecule has 0 spiro atoms. The second kappa shape index (κ2) is 5.09. The third-order valence-corrected chi connectivity index (χ3v) is 0.614. The third-order valence-electron chi connectivity index (χ3n) is 0.614. The third kappa shape index (κ3) is 6.75. The molecule has 0 heterocycles. The minimum atomic E-state index is -4.92. The molecule has 0 aromatic carbocycles. The summed E-state index contributed by atoms with van der Waals surface area (Å²) in [5.41, 5.74) is 0. The first-order valence-electron chi connectivity index (χ1n) is 2.30. The largest absolute Gasteiger partial charge is 3.00 e. The average Bonchev–Trinajstić information content (AvgIpc) is 1.60. The van der Waals surface area contributed by atoms with Crippen molar-refractivity contribution in [2.45, 2.75) is 13.1 Å². The first kappa shape index (κ1) is 13.9. The van der Waals surface area contributed by atoms with Gasteiger partial charge >= 0.3 is 47.5 Å². The Morgan fingerprint density at radius 2 is 1.82 bits per heavy atom. The van der Waals surface area contributed by atoms with Gasteiger partial charge in [0.25, 0.3) is 0 Å². The van der Waals surface area contributed by atoms with Gasteiger partial charge in [-0.05, 0) is 18.8 Å². The van der Waals surface area contributed by atoms with E-state index >= 15 is 0 Å². The number of rotatable bonds is 1. The number of carbonyl (C=O) groups is 1. The number of hydrogen-bond donors (Lipinski definition) is 0. The van der Waals surface area contributed by atoms with Crippen LogP contribution in [0.25, 0.3) is 0 Å². The van der Waals surface area contributed by atoms with E-state index in [1.165, 1.54) is 0 Å². The van der Waals surface area contributed by atoms with Crippen LogP contribution >= 0.6 is 0 Å². The zero-order valence-electron chi connectivity index (χ0n) is 5.61. The van der Waals surface area contributed by atoms with Gasteiger partial charge in [-0.25, -0.2) is 0 Å². The monoisotopic (exact) mass is 294 g/mol. The van der Waals surface area contributed by atoms with E-state index in [9.17, 15) is 23.1 Å². The van der Waals surface area contributed by atoms with Gasteiger partial charge in [0.1, 0.15) is 0 Å². The van der Waals surface area contributed by atoms with Gasteiger partial charge in [-0.2, -0.15) is 13.2 Å². The fourth-order valence-corrected chi connectivity index (χ4v) is 0.266. The normalized spacial score (nSPS) is 12.2. The van der Waals surface area contributed by atoms with Crippen LogP contribution in [0.15, 0.2) is 11.8 Å². The van der Waals surface area contributed by atoms with E-state index in [0.29, 0.717) is 0 Å². The molecule has 11 heavy (non-hydrogen) atoms.